The van der Waals surface area contributed by atoms with Crippen LogP contribution in [0.15, 0.2) is 0 Å². The minimum Gasteiger partial charge on any atom is -0.480 e. The number of nitrogens with zero attached hydrogens (tertiary/aromatic N) is 1. The Morgan fingerprint density at radius 3 is 2.33 bits per heavy atom. The van der Waals surface area contributed by atoms with Crippen LogP contribution in [-0.4, -0.2) is 41.2 Å². The molecular weight excluding hydrogens is 234 g/mol. The fraction of sp³-hybridized carbons (Fsp3) is 0.833. The lowest BCUT2D eigenvalue weighted by Gasteiger charge is -2.27. The van der Waals surface area contributed by atoms with Crippen molar-refractivity contribution in [3.05, 3.63) is 0 Å². The molecule has 104 valence electrons. The average molecular weight is 257 g/mol. The highest BCUT2D eigenvalue weighted by Crippen LogP contribution is 2.07. The standard InChI is InChI=1S/C12H23N3O3/c1-9(2)8-10(11(16)17)13-12(18)14-15-6-4-3-5-7-15/h9-10H,3-8H2,1-2H3,(H,16,17)(H2,13,14,18). The molecule has 3 N–H and O–H groups in total. The quantitative estimate of drug-likeness (QED) is 0.691. The number of carbonyl (C=O) groups excluding carboxylic acids is 1. The SMILES string of the molecule is CC(C)CC(NC(=O)NN1CCCCC1)C(=O)O. The molecule has 1 aliphatic rings. The van der Waals surface area contributed by atoms with Crippen LogP contribution in [0.25, 0.3) is 0 Å². The number of carboxylic acids is 1. The van der Waals surface area contributed by atoms with Gasteiger partial charge in [-0.05, 0) is 25.2 Å². The molecule has 1 fully saturated rings. The van der Waals surface area contributed by atoms with Crippen LogP contribution < -0.4 is 10.7 Å². The maximum atomic E-state index is 11.7. The number of piperidine rings is 1. The zero-order valence-corrected chi connectivity index (χ0v) is 11.1. The van der Waals surface area contributed by atoms with E-state index in [1.54, 1.807) is 0 Å². The van der Waals surface area contributed by atoms with Crippen molar-refractivity contribution in [3.8, 4) is 0 Å². The van der Waals surface area contributed by atoms with Crippen molar-refractivity contribution in [1.29, 1.82) is 0 Å². The van der Waals surface area contributed by atoms with E-state index in [2.05, 4.69) is 10.7 Å². The second kappa shape index (κ2) is 7.20. The van der Waals surface area contributed by atoms with E-state index in [0.29, 0.717) is 6.42 Å². The Hall–Kier alpha value is -1.30. The smallest absolute Gasteiger partial charge is 0.330 e. The second-order valence-corrected chi connectivity index (χ2v) is 5.15. The Balaban J connectivity index is 2.37. The van der Waals surface area contributed by atoms with Gasteiger partial charge in [0, 0.05) is 13.1 Å². The molecule has 6 nitrogen and oxygen atoms in total. The van der Waals surface area contributed by atoms with Gasteiger partial charge in [-0.1, -0.05) is 20.3 Å². The summed E-state index contributed by atoms with van der Waals surface area (Å²) in [5.74, 6) is -0.765. The maximum absolute atomic E-state index is 11.7. The van der Waals surface area contributed by atoms with Gasteiger partial charge in [-0.3, -0.25) is 5.43 Å². The largest absolute Gasteiger partial charge is 0.480 e. The van der Waals surface area contributed by atoms with Crippen molar-refractivity contribution in [2.24, 2.45) is 5.92 Å². The zero-order valence-electron chi connectivity index (χ0n) is 11.1. The lowest BCUT2D eigenvalue weighted by molar-refractivity contribution is -0.139. The predicted octanol–water partition coefficient (Wildman–Crippen LogP) is 1.19. The van der Waals surface area contributed by atoms with Gasteiger partial charge in [0.2, 0.25) is 0 Å². The number of urea groups is 1. The summed E-state index contributed by atoms with van der Waals surface area (Å²) in [5.41, 5.74) is 2.70. The fourth-order valence-electron chi connectivity index (χ4n) is 2.03. The number of hydrazine groups is 1. The third-order valence-corrected chi connectivity index (χ3v) is 2.93. The van der Waals surface area contributed by atoms with Crippen LogP contribution in [0, 0.1) is 5.92 Å². The van der Waals surface area contributed by atoms with Crippen LogP contribution in [0.5, 0.6) is 0 Å². The highest BCUT2D eigenvalue weighted by Gasteiger charge is 2.22. The first kappa shape index (κ1) is 14.8. The van der Waals surface area contributed by atoms with Gasteiger partial charge in [-0.15, -0.1) is 0 Å². The van der Waals surface area contributed by atoms with Crippen LogP contribution in [0.3, 0.4) is 0 Å². The molecule has 0 aliphatic carbocycles. The number of nitrogens with one attached hydrogen (secondary N) is 2. The van der Waals surface area contributed by atoms with Crippen molar-refractivity contribution in [1.82, 2.24) is 15.8 Å². The first-order valence-corrected chi connectivity index (χ1v) is 6.54. The van der Waals surface area contributed by atoms with E-state index in [1.165, 1.54) is 6.42 Å². The molecule has 0 radical (unpaired) electrons. The lowest BCUT2D eigenvalue weighted by atomic mass is 10.0. The number of amides is 2. The fourth-order valence-corrected chi connectivity index (χ4v) is 2.03. The van der Waals surface area contributed by atoms with Crippen LogP contribution in [0.4, 0.5) is 4.79 Å². The van der Waals surface area contributed by atoms with Crippen LogP contribution >= 0.6 is 0 Å². The molecule has 0 spiro atoms. The molecule has 1 atom stereocenters. The first-order valence-electron chi connectivity index (χ1n) is 6.54. The molecule has 1 unspecified atom stereocenters. The summed E-state index contributed by atoms with van der Waals surface area (Å²) in [5, 5.41) is 13.4. The third kappa shape index (κ3) is 5.35. The molecule has 0 saturated carbocycles. The summed E-state index contributed by atoms with van der Waals surface area (Å²) >= 11 is 0. The van der Waals surface area contributed by atoms with Crippen molar-refractivity contribution >= 4 is 12.0 Å². The monoisotopic (exact) mass is 257 g/mol. The Bertz CT molecular complexity index is 288. The second-order valence-electron chi connectivity index (χ2n) is 5.15. The number of rotatable bonds is 5. The van der Waals surface area contributed by atoms with Crippen LogP contribution in [0.2, 0.25) is 0 Å². The topological polar surface area (TPSA) is 81.7 Å². The van der Waals surface area contributed by atoms with E-state index >= 15 is 0 Å². The first-order chi connectivity index (χ1) is 8.49. The van der Waals surface area contributed by atoms with E-state index in [4.69, 9.17) is 5.11 Å². The Morgan fingerprint density at radius 2 is 1.83 bits per heavy atom. The molecule has 2 amide bonds. The molecule has 0 aromatic rings. The third-order valence-electron chi connectivity index (χ3n) is 2.93. The van der Waals surface area contributed by atoms with Gasteiger partial charge in [-0.25, -0.2) is 14.6 Å². The summed E-state index contributed by atoms with van der Waals surface area (Å²) in [6.45, 7) is 5.52. The Kier molecular flexibility index (Phi) is 5.91. The molecule has 1 rings (SSSR count). The minimum absolute atomic E-state index is 0.224. The van der Waals surface area contributed by atoms with Gasteiger partial charge in [0.1, 0.15) is 6.04 Å². The number of carbonyl (C=O) groups is 2. The molecular formula is C12H23N3O3. The van der Waals surface area contributed by atoms with Gasteiger partial charge in [0.15, 0.2) is 0 Å². The van der Waals surface area contributed by atoms with Crippen molar-refractivity contribution in [2.45, 2.75) is 45.6 Å². The van der Waals surface area contributed by atoms with Gasteiger partial charge in [-0.2, -0.15) is 0 Å². The number of carboxylic acid groups (broad SMARTS) is 1. The van der Waals surface area contributed by atoms with Gasteiger partial charge in [0.25, 0.3) is 0 Å². The van der Waals surface area contributed by atoms with E-state index in [9.17, 15) is 9.59 Å². The summed E-state index contributed by atoms with van der Waals surface area (Å²) in [6.07, 6.45) is 3.75. The number of aliphatic carboxylic acids is 1. The van der Waals surface area contributed by atoms with Crippen LogP contribution in [-0.2, 0) is 4.79 Å². The van der Waals surface area contributed by atoms with Gasteiger partial charge in [0.05, 0.1) is 0 Å². The van der Waals surface area contributed by atoms with Crippen LogP contribution in [0.1, 0.15) is 39.5 Å². The van der Waals surface area contributed by atoms with E-state index < -0.39 is 18.0 Å². The number of hydrogen-bond acceptors (Lipinski definition) is 3. The van der Waals surface area contributed by atoms with Gasteiger partial charge >= 0.3 is 12.0 Å². The summed E-state index contributed by atoms with van der Waals surface area (Å²) in [6, 6.07) is -1.25. The predicted molar refractivity (Wildman–Crippen MR) is 68.0 cm³/mol. The van der Waals surface area contributed by atoms with E-state index in [-0.39, 0.29) is 5.92 Å². The maximum Gasteiger partial charge on any atom is 0.330 e. The van der Waals surface area contributed by atoms with Crippen molar-refractivity contribution in [2.75, 3.05) is 13.1 Å². The Labute approximate surface area is 108 Å². The molecule has 1 aliphatic heterocycles. The molecule has 0 aromatic carbocycles. The highest BCUT2D eigenvalue weighted by atomic mass is 16.4. The normalized spacial score (nSPS) is 18.4. The Morgan fingerprint density at radius 1 is 1.22 bits per heavy atom. The van der Waals surface area contributed by atoms with Gasteiger partial charge < -0.3 is 10.4 Å². The molecule has 1 saturated heterocycles. The van der Waals surface area contributed by atoms with Crippen molar-refractivity contribution < 1.29 is 14.7 Å². The van der Waals surface area contributed by atoms with E-state index in [1.807, 2.05) is 18.9 Å². The molecule has 0 bridgehead atoms. The molecule has 1 heterocycles. The summed E-state index contributed by atoms with van der Waals surface area (Å²) in [4.78, 5) is 22.7. The summed E-state index contributed by atoms with van der Waals surface area (Å²) < 4.78 is 0. The molecule has 18 heavy (non-hydrogen) atoms. The number of hydrogen-bond donors (Lipinski definition) is 3. The summed E-state index contributed by atoms with van der Waals surface area (Å²) in [7, 11) is 0. The molecule has 0 aromatic heterocycles. The lowest BCUT2D eigenvalue weighted by Crippen LogP contribution is -2.53. The highest BCUT2D eigenvalue weighted by molar-refractivity contribution is 5.82. The minimum atomic E-state index is -0.988. The van der Waals surface area contributed by atoms with Crippen molar-refractivity contribution in [3.63, 3.8) is 0 Å². The average Bonchev–Trinajstić information content (AvgIpc) is 2.28. The zero-order chi connectivity index (χ0) is 13.5. The van der Waals surface area contributed by atoms with E-state index in [0.717, 1.165) is 25.9 Å². The molecule has 6 heteroatoms.